The third kappa shape index (κ3) is 11.4. The third-order valence-electron chi connectivity index (χ3n) is 20.8. The third-order valence-corrected chi connectivity index (χ3v) is 20.8. The summed E-state index contributed by atoms with van der Waals surface area (Å²) >= 11 is 0. The summed E-state index contributed by atoms with van der Waals surface area (Å²) in [4.78, 5) is 4.75. The summed E-state index contributed by atoms with van der Waals surface area (Å²) in [5.41, 5.74) is 31.2. The molecule has 0 saturated carbocycles. The molecule has 4 heteroatoms. The van der Waals surface area contributed by atoms with E-state index in [9.17, 15) is 0 Å². The molecule has 19 rings (SSSR count). The summed E-state index contributed by atoms with van der Waals surface area (Å²) in [5, 5.41) is 5.08. The van der Waals surface area contributed by atoms with Crippen LogP contribution in [0.15, 0.2) is 400 Å². The van der Waals surface area contributed by atoms with Crippen LogP contribution in [0.3, 0.4) is 0 Å². The Balaban J connectivity index is 0.000000149. The van der Waals surface area contributed by atoms with Crippen molar-refractivity contribution in [3.63, 3.8) is 0 Å². The van der Waals surface area contributed by atoms with Crippen molar-refractivity contribution in [2.75, 3.05) is 9.80 Å². The maximum atomic E-state index is 2.39. The minimum absolute atomic E-state index is 0.0600. The standard InChI is InChI=1S/C54H38N2.C45H34N2/c1-3-15-39(16-4-1)43-19-13-20-44(37-43)40-29-33-46(34-30-40)55(52-26-10-7-23-49(52)42-17-5-2-6-18-42)47-35-31-41(32-36-47)45-21-14-22-48(38-45)56-53-27-11-8-24-50(53)51-25-9-12-28-54(51)56;1-45(2)41-20-9-6-17-37(41)38-28-27-36(30-42(38)45)46(33-14-4-3-5-15-33)34-25-23-31(24-26-34)32-13-12-16-35(29-32)47-43-21-10-7-18-39(43)40-19-8-11-22-44(40)47/h1-38H;3-30H,1-2H3. The lowest BCUT2D eigenvalue weighted by atomic mass is 9.82. The van der Waals surface area contributed by atoms with Crippen molar-refractivity contribution in [2.24, 2.45) is 0 Å². The van der Waals surface area contributed by atoms with Crippen molar-refractivity contribution in [2.45, 2.75) is 19.3 Å². The van der Waals surface area contributed by atoms with Gasteiger partial charge in [-0.3, -0.25) is 0 Å². The zero-order chi connectivity index (χ0) is 68.8. The Kier molecular flexibility index (Phi) is 15.9. The van der Waals surface area contributed by atoms with Gasteiger partial charge in [-0.25, -0.2) is 0 Å². The molecule has 2 heterocycles. The molecule has 1 aliphatic rings. The first kappa shape index (κ1) is 62.0. The predicted molar refractivity (Wildman–Crippen MR) is 436 cm³/mol. The summed E-state index contributed by atoms with van der Waals surface area (Å²) in [6.45, 7) is 4.69. The monoisotopic (exact) mass is 1320 g/mol. The highest BCUT2D eigenvalue weighted by Gasteiger charge is 2.36. The summed E-state index contributed by atoms with van der Waals surface area (Å²) < 4.78 is 4.76. The van der Waals surface area contributed by atoms with E-state index in [0.29, 0.717) is 0 Å². The molecule has 16 aromatic carbocycles. The number of para-hydroxylation sites is 6. The summed E-state index contributed by atoms with van der Waals surface area (Å²) in [6.07, 6.45) is 0. The Hall–Kier alpha value is -13.3. The quantitative estimate of drug-likeness (QED) is 0.114. The molecule has 103 heavy (non-hydrogen) atoms. The van der Waals surface area contributed by atoms with Crippen molar-refractivity contribution in [1.82, 2.24) is 9.13 Å². The van der Waals surface area contributed by atoms with E-state index in [1.54, 1.807) is 0 Å². The average Bonchev–Trinajstić information content (AvgIpc) is 1.60. The Labute approximate surface area is 601 Å². The van der Waals surface area contributed by atoms with Crippen LogP contribution >= 0.6 is 0 Å². The lowest BCUT2D eigenvalue weighted by Gasteiger charge is -2.28. The molecule has 0 spiro atoms. The van der Waals surface area contributed by atoms with Crippen molar-refractivity contribution < 1.29 is 0 Å². The van der Waals surface area contributed by atoms with E-state index in [1.807, 2.05) is 0 Å². The molecule has 0 amide bonds. The Morgan fingerprint density at radius 1 is 0.204 bits per heavy atom. The van der Waals surface area contributed by atoms with Gasteiger partial charge in [-0.2, -0.15) is 0 Å². The maximum absolute atomic E-state index is 2.39. The van der Waals surface area contributed by atoms with Gasteiger partial charge in [0.05, 0.1) is 27.8 Å². The number of fused-ring (bicyclic) bond motifs is 9. The number of hydrogen-bond donors (Lipinski definition) is 0. The topological polar surface area (TPSA) is 16.3 Å². The van der Waals surface area contributed by atoms with Crippen LogP contribution in [-0.2, 0) is 5.41 Å². The Morgan fingerprint density at radius 3 is 1.02 bits per heavy atom. The van der Waals surface area contributed by atoms with Gasteiger partial charge in [-0.15, -0.1) is 0 Å². The highest BCUT2D eigenvalue weighted by Crippen LogP contribution is 2.51. The lowest BCUT2D eigenvalue weighted by molar-refractivity contribution is 0.660. The normalized spacial score (nSPS) is 12.1. The van der Waals surface area contributed by atoms with Gasteiger partial charge in [0.15, 0.2) is 0 Å². The molecule has 2 aromatic heterocycles. The Morgan fingerprint density at radius 2 is 0.534 bits per heavy atom. The molecule has 18 aromatic rings. The zero-order valence-corrected chi connectivity index (χ0v) is 57.4. The molecule has 0 aliphatic heterocycles. The van der Waals surface area contributed by atoms with Crippen LogP contribution in [0.5, 0.6) is 0 Å². The van der Waals surface area contributed by atoms with Gasteiger partial charge in [0.2, 0.25) is 0 Å². The largest absolute Gasteiger partial charge is 0.310 e. The van der Waals surface area contributed by atoms with E-state index in [0.717, 1.165) is 45.5 Å². The van der Waals surface area contributed by atoms with Gasteiger partial charge in [-0.1, -0.05) is 293 Å². The molecule has 488 valence electrons. The minimum atomic E-state index is -0.0600. The zero-order valence-electron chi connectivity index (χ0n) is 57.4. The second-order valence-corrected chi connectivity index (χ2v) is 27.2. The molecule has 0 N–H and O–H groups in total. The fourth-order valence-electron chi connectivity index (χ4n) is 15.8. The van der Waals surface area contributed by atoms with E-state index >= 15 is 0 Å². The highest BCUT2D eigenvalue weighted by atomic mass is 15.1. The van der Waals surface area contributed by atoms with Crippen LogP contribution < -0.4 is 9.80 Å². The van der Waals surface area contributed by atoms with E-state index in [-0.39, 0.29) is 5.41 Å². The summed E-state index contributed by atoms with van der Waals surface area (Å²) in [7, 11) is 0. The van der Waals surface area contributed by atoms with Crippen LogP contribution in [0.4, 0.5) is 34.1 Å². The second kappa shape index (κ2) is 26.4. The van der Waals surface area contributed by atoms with Gasteiger partial charge < -0.3 is 18.9 Å². The van der Waals surface area contributed by atoms with Gasteiger partial charge >= 0.3 is 0 Å². The van der Waals surface area contributed by atoms with Gasteiger partial charge in [0.25, 0.3) is 0 Å². The van der Waals surface area contributed by atoms with Crippen LogP contribution in [0.2, 0.25) is 0 Å². The molecule has 4 nitrogen and oxygen atoms in total. The fraction of sp³-hybridized carbons (Fsp3) is 0.0303. The first-order chi connectivity index (χ1) is 50.9. The number of benzene rings is 16. The van der Waals surface area contributed by atoms with E-state index < -0.39 is 0 Å². The van der Waals surface area contributed by atoms with Crippen LogP contribution in [-0.4, -0.2) is 9.13 Å². The molecular formula is C99H72N4. The number of nitrogens with zero attached hydrogens (tertiary/aromatic N) is 4. The highest BCUT2D eigenvalue weighted by molar-refractivity contribution is 6.10. The molecule has 0 radical (unpaired) electrons. The van der Waals surface area contributed by atoms with Gasteiger partial charge in [0.1, 0.15) is 0 Å². The molecular weight excluding hydrogens is 1250 g/mol. The predicted octanol–water partition coefficient (Wildman–Crippen LogP) is 27.1. The SMILES string of the molecule is CC1(C)c2ccccc2-c2ccc(N(c3ccccc3)c3ccc(-c4cccc(-n5c6ccccc6c6ccccc65)c4)cc3)cc21.c1ccc(-c2cccc(-c3ccc(N(c4ccc(-c5cccc(-n6c7ccccc7c7ccccc76)c5)cc4)c4ccccc4-c4ccccc4)cc3)c2)cc1. The molecule has 0 unspecified atom stereocenters. The van der Waals surface area contributed by atoms with E-state index in [2.05, 4.69) is 433 Å². The minimum Gasteiger partial charge on any atom is -0.310 e. The van der Waals surface area contributed by atoms with E-state index in [1.165, 1.54) is 122 Å². The first-order valence-corrected chi connectivity index (χ1v) is 35.5. The summed E-state index contributed by atoms with van der Waals surface area (Å²) in [6, 6.07) is 145. The molecule has 0 saturated heterocycles. The molecule has 0 atom stereocenters. The van der Waals surface area contributed by atoms with Crippen molar-refractivity contribution in [3.05, 3.63) is 412 Å². The number of anilines is 6. The van der Waals surface area contributed by atoms with E-state index in [4.69, 9.17) is 0 Å². The molecule has 1 aliphatic carbocycles. The maximum Gasteiger partial charge on any atom is 0.0541 e. The molecule has 0 bridgehead atoms. The molecule has 0 fully saturated rings. The smallest absolute Gasteiger partial charge is 0.0541 e. The van der Waals surface area contributed by atoms with Gasteiger partial charge in [-0.05, 0) is 194 Å². The van der Waals surface area contributed by atoms with Gasteiger partial charge in [0, 0.05) is 72.3 Å². The lowest BCUT2D eigenvalue weighted by Crippen LogP contribution is -2.16. The first-order valence-electron chi connectivity index (χ1n) is 35.5. The van der Waals surface area contributed by atoms with Crippen molar-refractivity contribution >= 4 is 77.7 Å². The van der Waals surface area contributed by atoms with Crippen molar-refractivity contribution in [3.8, 4) is 78.1 Å². The van der Waals surface area contributed by atoms with Crippen LogP contribution in [0, 0.1) is 0 Å². The summed E-state index contributed by atoms with van der Waals surface area (Å²) in [5.74, 6) is 0. The number of hydrogen-bond acceptors (Lipinski definition) is 2. The fourth-order valence-corrected chi connectivity index (χ4v) is 15.8. The average molecular weight is 1320 g/mol. The van der Waals surface area contributed by atoms with Crippen LogP contribution in [0.1, 0.15) is 25.0 Å². The number of rotatable bonds is 13. The second-order valence-electron chi connectivity index (χ2n) is 27.2. The Bertz CT molecular complexity index is 6020. The number of aromatic nitrogens is 2. The van der Waals surface area contributed by atoms with Crippen LogP contribution in [0.25, 0.3) is 122 Å². The van der Waals surface area contributed by atoms with Crippen molar-refractivity contribution in [1.29, 1.82) is 0 Å².